The highest BCUT2D eigenvalue weighted by atomic mass is 16.4. The average molecular weight is 125 g/mol. The zero-order valence-electron chi connectivity index (χ0n) is 10.1. The van der Waals surface area contributed by atoms with E-state index < -0.39 is 31.6 Å². The Bertz CT molecular complexity index is 222. The highest BCUT2D eigenvalue weighted by Crippen LogP contribution is 1.96. The minimum absolute atomic E-state index is 1.93. The van der Waals surface area contributed by atoms with Gasteiger partial charge in [0, 0.05) is 6.85 Å². The van der Waals surface area contributed by atoms with Gasteiger partial charge in [-0.3, -0.25) is 4.79 Å². The highest BCUT2D eigenvalue weighted by molar-refractivity contribution is 5.73. The van der Waals surface area contributed by atoms with Crippen LogP contribution in [0, 0.1) is 5.89 Å². The summed E-state index contributed by atoms with van der Waals surface area (Å²) < 4.78 is 42.0. The van der Waals surface area contributed by atoms with Crippen LogP contribution in [0.4, 0.5) is 0 Å². The first kappa shape index (κ1) is 1.99. The SMILES string of the molecule is [2H][13CH]([2H])C([2H])([13CH]([2H])[2H])[C@]([2H])(N)C(=O)O. The molecule has 0 amide bonds. The first-order valence-corrected chi connectivity index (χ1v) is 1.79. The highest BCUT2D eigenvalue weighted by Gasteiger charge is 2.14. The molecule has 0 aliphatic carbocycles. The van der Waals surface area contributed by atoms with Crippen LogP contribution in [-0.2, 0) is 4.79 Å². The standard InChI is InChI=1S/C5H11NO2/c1-3(2)4(6)5(7)8/h3-4H,6H2,1-2H3,(H,7,8)/t4-/m0/s1/i1+1D2,2+1D2,3D,4D. The van der Waals surface area contributed by atoms with Gasteiger partial charge in [-0.25, -0.2) is 0 Å². The summed E-state index contributed by atoms with van der Waals surface area (Å²) >= 11 is 0. The van der Waals surface area contributed by atoms with Crippen molar-refractivity contribution in [3.8, 4) is 0 Å². The summed E-state index contributed by atoms with van der Waals surface area (Å²) in [6, 6.07) is -3.02. The molecule has 0 spiro atoms. The van der Waals surface area contributed by atoms with Gasteiger partial charge in [-0.2, -0.15) is 0 Å². The molecule has 0 fully saturated rings. The molecule has 0 aliphatic heterocycles. The lowest BCUT2D eigenvalue weighted by Gasteiger charge is -2.07. The Labute approximate surface area is 56.9 Å². The summed E-state index contributed by atoms with van der Waals surface area (Å²) in [5.74, 6) is -4.75. The average Bonchev–Trinajstić information content (AvgIpc) is 2.01. The number of carboxylic acids is 1. The Morgan fingerprint density at radius 2 is 2.50 bits per heavy atom. The molecule has 0 radical (unpaired) electrons. The van der Waals surface area contributed by atoms with Crippen molar-refractivity contribution in [2.75, 3.05) is 0 Å². The molecule has 48 valence electrons. The Balaban J connectivity index is 5.32. The Kier molecular flexibility index (Phi) is 0.663. The van der Waals surface area contributed by atoms with E-state index >= 15 is 0 Å². The van der Waals surface area contributed by atoms with E-state index in [-0.39, 0.29) is 0 Å². The molecule has 3 N–H and O–H groups in total. The summed E-state index contributed by atoms with van der Waals surface area (Å²) in [7, 11) is 0. The molecule has 0 saturated carbocycles. The van der Waals surface area contributed by atoms with Crippen molar-refractivity contribution in [2.24, 2.45) is 11.6 Å². The van der Waals surface area contributed by atoms with E-state index in [0.29, 0.717) is 0 Å². The van der Waals surface area contributed by atoms with Gasteiger partial charge in [0.2, 0.25) is 0 Å². The second-order valence-electron chi connectivity index (χ2n) is 1.17. The van der Waals surface area contributed by atoms with Gasteiger partial charge >= 0.3 is 5.97 Å². The second-order valence-corrected chi connectivity index (χ2v) is 1.17. The lowest BCUT2D eigenvalue weighted by molar-refractivity contribution is -0.139. The van der Waals surface area contributed by atoms with Gasteiger partial charge in [0.05, 0.1) is 1.37 Å². The predicted molar refractivity (Wildman–Crippen MR) is 30.4 cm³/mol. The maximum atomic E-state index is 10.5. The summed E-state index contributed by atoms with van der Waals surface area (Å²) in [6.07, 6.45) is 0. The minimum Gasteiger partial charge on any atom is -0.480 e. The van der Waals surface area contributed by atoms with Gasteiger partial charge in [-0.05, 0) is 5.89 Å². The normalized spacial score (nSPS) is 30.9. The van der Waals surface area contributed by atoms with Gasteiger partial charge in [0.15, 0.2) is 0 Å². The van der Waals surface area contributed by atoms with Gasteiger partial charge < -0.3 is 10.8 Å². The molecule has 0 aliphatic rings. The first-order chi connectivity index (χ1) is 6.08. The molecule has 0 rings (SSSR count). The van der Waals surface area contributed by atoms with Crippen LogP contribution in [0.1, 0.15) is 22.0 Å². The van der Waals surface area contributed by atoms with Gasteiger partial charge in [-0.1, -0.05) is 13.8 Å². The van der Waals surface area contributed by atoms with E-state index in [2.05, 4.69) is 0 Å². The molecule has 3 nitrogen and oxygen atoms in total. The molecule has 8 heavy (non-hydrogen) atoms. The van der Waals surface area contributed by atoms with Crippen LogP contribution in [0.25, 0.3) is 0 Å². The van der Waals surface area contributed by atoms with Crippen LogP contribution < -0.4 is 5.73 Å². The van der Waals surface area contributed by atoms with Crippen molar-refractivity contribution in [3.63, 3.8) is 0 Å². The van der Waals surface area contributed by atoms with E-state index in [9.17, 15) is 4.79 Å². The quantitative estimate of drug-likeness (QED) is 0.513. The number of nitrogens with two attached hydrogens (primary N) is 1. The van der Waals surface area contributed by atoms with Gasteiger partial charge in [0.25, 0.3) is 0 Å². The molecule has 0 heterocycles. The van der Waals surface area contributed by atoms with Crippen molar-refractivity contribution in [2.45, 2.75) is 19.8 Å². The Morgan fingerprint density at radius 1 is 2.00 bits per heavy atom. The smallest absolute Gasteiger partial charge is 0.320 e. The van der Waals surface area contributed by atoms with Gasteiger partial charge in [-0.15, -0.1) is 0 Å². The van der Waals surface area contributed by atoms with E-state index in [0.717, 1.165) is 0 Å². The van der Waals surface area contributed by atoms with E-state index in [1.807, 2.05) is 0 Å². The monoisotopic (exact) mass is 125 g/mol. The van der Waals surface area contributed by atoms with E-state index in [4.69, 9.17) is 19.1 Å². The number of carbonyl (C=O) groups is 1. The van der Waals surface area contributed by atoms with Crippen LogP contribution in [0.3, 0.4) is 0 Å². The zero-order chi connectivity index (χ0) is 11.7. The van der Waals surface area contributed by atoms with Crippen LogP contribution in [0.15, 0.2) is 0 Å². The van der Waals surface area contributed by atoms with Crippen molar-refractivity contribution in [1.82, 2.24) is 0 Å². The van der Waals surface area contributed by atoms with Crippen LogP contribution >= 0.6 is 0 Å². The molecular formula is C5H11NO2. The van der Waals surface area contributed by atoms with Crippen molar-refractivity contribution >= 4 is 5.97 Å². The van der Waals surface area contributed by atoms with Crippen LogP contribution in [0.2, 0.25) is 0 Å². The molecule has 1 atom stereocenters. The minimum atomic E-state index is -3.02. The van der Waals surface area contributed by atoms with Crippen molar-refractivity contribution in [3.05, 3.63) is 0 Å². The van der Waals surface area contributed by atoms with Crippen molar-refractivity contribution < 1.29 is 18.1 Å². The Hall–Kier alpha value is -0.570. The predicted octanol–water partition coefficient (Wildman–Crippen LogP) is 0.0543. The molecule has 3 heteroatoms. The molecule has 0 aromatic heterocycles. The first-order valence-electron chi connectivity index (χ1n) is 5.10. The van der Waals surface area contributed by atoms with Crippen molar-refractivity contribution in [1.29, 1.82) is 0 Å². The van der Waals surface area contributed by atoms with E-state index in [1.54, 1.807) is 0 Å². The lowest BCUT2D eigenvalue weighted by Crippen LogP contribution is -2.34. The van der Waals surface area contributed by atoms with Crippen LogP contribution in [-0.4, -0.2) is 17.1 Å². The molecule has 0 unspecified atom stereocenters. The number of rotatable bonds is 2. The lowest BCUT2D eigenvalue weighted by atomic mass is 10.2. The topological polar surface area (TPSA) is 63.3 Å². The Morgan fingerprint density at radius 3 is 2.62 bits per heavy atom. The third kappa shape index (κ3) is 1.93. The zero-order valence-corrected chi connectivity index (χ0v) is 4.09. The molecule has 0 aromatic carbocycles. The molecular weight excluding hydrogens is 108 g/mol. The maximum absolute atomic E-state index is 10.5. The third-order valence-corrected chi connectivity index (χ3v) is 0.541. The summed E-state index contributed by atoms with van der Waals surface area (Å²) in [6.45, 7) is -4.33. The third-order valence-electron chi connectivity index (χ3n) is 0.541. The maximum Gasteiger partial charge on any atom is 0.320 e. The number of aliphatic carboxylic acids is 1. The second kappa shape index (κ2) is 2.67. The molecule has 0 saturated heterocycles. The summed E-state index contributed by atoms with van der Waals surface area (Å²) in [4.78, 5) is 10.5. The van der Waals surface area contributed by atoms with Gasteiger partial charge in [0.1, 0.15) is 6.02 Å². The number of hydrogen-bond acceptors (Lipinski definition) is 2. The van der Waals surface area contributed by atoms with Crippen LogP contribution in [0.5, 0.6) is 0 Å². The molecule has 0 aromatic rings. The largest absolute Gasteiger partial charge is 0.480 e. The molecule has 0 bridgehead atoms. The summed E-state index contributed by atoms with van der Waals surface area (Å²) in [5.41, 5.74) is 4.94. The summed E-state index contributed by atoms with van der Waals surface area (Å²) in [5, 5.41) is 8.51. The fourth-order valence-corrected chi connectivity index (χ4v) is 0.123. The number of hydrogen-bond donors (Lipinski definition) is 2. The number of carboxylic acid groups (broad SMARTS) is 1. The van der Waals surface area contributed by atoms with E-state index in [1.165, 1.54) is 0 Å². The fraction of sp³-hybridized carbons (Fsp3) is 0.800. The fourth-order valence-electron chi connectivity index (χ4n) is 0.123.